The van der Waals surface area contributed by atoms with Crippen LogP contribution in [0.15, 0.2) is 134 Å². The maximum atomic E-state index is 12.7. The number of ether oxygens (including phenoxy) is 2. The van der Waals surface area contributed by atoms with Crippen LogP contribution < -0.4 is 20.1 Å². The number of azo groups is 2. The predicted molar refractivity (Wildman–Crippen MR) is 298 cm³/mol. The fourth-order valence-corrected chi connectivity index (χ4v) is 11.1. The maximum Gasteiger partial charge on any atom is 0.297 e. The molecule has 0 saturated carbocycles. The van der Waals surface area contributed by atoms with Gasteiger partial charge in [-0.05, 0) is 84.3 Å². The van der Waals surface area contributed by atoms with Gasteiger partial charge in [0.05, 0.1) is 38.8 Å². The highest BCUT2D eigenvalue weighted by atomic mass is 35.5. The molecule has 6 aromatic rings. The van der Waals surface area contributed by atoms with Gasteiger partial charge in [0.2, 0.25) is 11.8 Å². The quantitative estimate of drug-likeness (QED) is 0.0144. The van der Waals surface area contributed by atoms with E-state index in [1.54, 1.807) is 12.1 Å². The van der Waals surface area contributed by atoms with Crippen LogP contribution in [0.5, 0.6) is 23.0 Å². The Kier molecular flexibility index (Phi) is 23.2. The average molecular weight is 1230 g/mol. The first-order chi connectivity index (χ1) is 37.3. The third-order valence-electron chi connectivity index (χ3n) is 10.2. The number of hydrogen-bond acceptors (Lipinski definition) is 20. The van der Waals surface area contributed by atoms with E-state index in [0.29, 0.717) is 17.2 Å². The molecule has 0 aromatic heterocycles. The van der Waals surface area contributed by atoms with Crippen LogP contribution >= 0.6 is 23.2 Å². The van der Waals surface area contributed by atoms with Crippen LogP contribution in [0.25, 0.3) is 32.7 Å². The number of nitrogens with one attached hydrogen (secondary N) is 2. The number of phenols is 2. The summed E-state index contributed by atoms with van der Waals surface area (Å²) in [4.78, 5) is 22.1. The fraction of sp³-hybridized carbons (Fsp3) is 0.191. The first kappa shape index (κ1) is 64.7. The fourth-order valence-electron chi connectivity index (χ4n) is 7.12. The maximum absolute atomic E-state index is 12.7. The number of rotatable bonds is 22. The Morgan fingerprint density at radius 3 is 1.34 bits per heavy atom. The summed E-state index contributed by atoms with van der Waals surface area (Å²) < 4.78 is 151. The molecular weight excluding hydrogens is 1180 g/mol. The second-order valence-corrected chi connectivity index (χ2v) is 22.3. The molecule has 6 aromatic carbocycles. The van der Waals surface area contributed by atoms with Crippen molar-refractivity contribution in [1.29, 1.82) is 0 Å². The largest absolute Gasteiger partial charge is 0.505 e. The summed E-state index contributed by atoms with van der Waals surface area (Å²) in [6.07, 6.45) is 0. The van der Waals surface area contributed by atoms with Crippen molar-refractivity contribution in [3.63, 3.8) is 0 Å². The number of fused-ring (bicyclic) bond motifs is 2. The van der Waals surface area contributed by atoms with Crippen molar-refractivity contribution in [3.8, 4) is 34.1 Å². The average Bonchev–Trinajstić information content (AvgIpc) is 3.44. The molecule has 7 N–H and O–H groups in total. The third kappa shape index (κ3) is 16.2. The van der Waals surface area contributed by atoms with E-state index in [9.17, 15) is 67.1 Å². The number of nitrogens with zero attached hydrogens (tertiary/aromatic N) is 4. The Hall–Kier alpha value is -6.81. The first-order valence-corrected chi connectivity index (χ1v) is 29.7. The summed E-state index contributed by atoms with van der Waals surface area (Å²) in [5.74, 6) is -4.85. The normalized spacial score (nSPS) is 12.6. The smallest absolute Gasteiger partial charge is 0.297 e. The number of carbonyl (C=O) groups is 2. The van der Waals surface area contributed by atoms with Crippen LogP contribution in [0.4, 0.5) is 34.1 Å². The Bertz CT molecular complexity index is 3770. The highest BCUT2D eigenvalue weighted by Crippen LogP contribution is 2.47. The van der Waals surface area contributed by atoms with Gasteiger partial charge >= 0.3 is 0 Å². The zero-order valence-corrected chi connectivity index (χ0v) is 47.1. The van der Waals surface area contributed by atoms with Crippen LogP contribution in [0.3, 0.4) is 0 Å². The molecule has 0 fully saturated rings. The number of aromatic hydroxyl groups is 2. The topological polar surface area (TPSA) is 382 Å². The summed E-state index contributed by atoms with van der Waals surface area (Å²) >= 11 is 6.71. The lowest BCUT2D eigenvalue weighted by Gasteiger charge is -2.15. The van der Waals surface area contributed by atoms with E-state index in [2.05, 4.69) is 57.4 Å². The predicted octanol–water partition coefficient (Wildman–Crippen LogP) is 9.29. The van der Waals surface area contributed by atoms with E-state index >= 15 is 0 Å². The lowest BCUT2D eigenvalue weighted by atomic mass is 10.0. The molecule has 0 spiro atoms. The molecule has 2 amide bonds. The van der Waals surface area contributed by atoms with E-state index in [-0.39, 0.29) is 75.6 Å². The second kappa shape index (κ2) is 28.4. The van der Waals surface area contributed by atoms with Crippen molar-refractivity contribution >= 4 is 143 Å². The summed E-state index contributed by atoms with van der Waals surface area (Å²) in [5.41, 5.74) is -0.705. The summed E-state index contributed by atoms with van der Waals surface area (Å²) in [6, 6.07) is 15.3. The highest BCUT2D eigenvalue weighted by molar-refractivity contribution is 7.87. The molecule has 25 nitrogen and oxygen atoms in total. The van der Waals surface area contributed by atoms with Crippen molar-refractivity contribution in [2.45, 2.75) is 21.6 Å². The number of anilines is 2. The molecule has 79 heavy (non-hydrogen) atoms. The number of hydrogen-bond donors (Lipinski definition) is 7. The van der Waals surface area contributed by atoms with E-state index in [0.717, 1.165) is 18.2 Å². The van der Waals surface area contributed by atoms with E-state index in [1.807, 2.05) is 0 Å². The van der Waals surface area contributed by atoms with Crippen LogP contribution in [0, 0.1) is 6.92 Å². The molecule has 0 radical (unpaired) electrons. The van der Waals surface area contributed by atoms with Gasteiger partial charge in [0.1, 0.15) is 60.4 Å². The van der Waals surface area contributed by atoms with Crippen molar-refractivity contribution < 1.29 is 85.0 Å². The van der Waals surface area contributed by atoms with Crippen LogP contribution in [0.1, 0.15) is 5.56 Å². The van der Waals surface area contributed by atoms with Gasteiger partial charge in [-0.15, -0.1) is 70.0 Å². The summed E-state index contributed by atoms with van der Waals surface area (Å²) in [7, 11) is -13.1. The molecule has 0 bridgehead atoms. The summed E-state index contributed by atoms with van der Waals surface area (Å²) in [6.45, 7) is 13.2. The molecule has 0 heterocycles. The van der Waals surface area contributed by atoms with Crippen molar-refractivity contribution in [2.75, 3.05) is 61.3 Å². The van der Waals surface area contributed by atoms with Gasteiger partial charge in [0, 0.05) is 33.3 Å². The molecule has 0 aliphatic heterocycles. The molecule has 6 rings (SSSR count). The minimum absolute atomic E-state index is 0.0101. The molecule has 0 saturated heterocycles. The Labute approximate surface area is 467 Å². The first-order valence-electron chi connectivity index (χ1n) is 21.8. The van der Waals surface area contributed by atoms with Gasteiger partial charge < -0.3 is 30.3 Å². The summed E-state index contributed by atoms with van der Waals surface area (Å²) in [5, 5.41) is 42.0. The van der Waals surface area contributed by atoms with Crippen LogP contribution in [0.2, 0.25) is 0 Å². The molecule has 0 aliphatic rings. The number of aryl methyl sites for hydroxylation is 1. The van der Waals surface area contributed by atoms with Gasteiger partial charge in [0.25, 0.3) is 30.4 Å². The number of benzene rings is 6. The van der Waals surface area contributed by atoms with Gasteiger partial charge in [-0.1, -0.05) is 12.1 Å². The van der Waals surface area contributed by atoms with Gasteiger partial charge in [-0.25, -0.2) is 8.42 Å². The van der Waals surface area contributed by atoms with E-state index in [1.165, 1.54) is 57.5 Å². The second-order valence-electron chi connectivity index (χ2n) is 15.2. The third-order valence-corrected chi connectivity index (χ3v) is 15.2. The lowest BCUT2D eigenvalue weighted by Crippen LogP contribution is -2.22. The Morgan fingerprint density at radius 1 is 0.570 bits per heavy atom. The Morgan fingerprint density at radius 2 is 0.962 bits per heavy atom. The van der Waals surface area contributed by atoms with Crippen molar-refractivity contribution in [1.82, 2.24) is 0 Å². The zero-order valence-electron chi connectivity index (χ0n) is 41.5. The zero-order chi connectivity index (χ0) is 59.2. The minimum Gasteiger partial charge on any atom is -0.505 e. The SMILES string of the molecule is C=C.C=C.COc1cc(-c2ccc(N=Nc3c(S(=O)(=O)O)cc4c(S(=O)(=O)O)c(NC(=O)CS(=O)OCCCl)ccc4c3O)c(OC)c2)ccc1N=Nc1c(C)cc2c(S(=O)(=O)O)c(NC(=O)CS(=O)OCCCl)ccc2c1O. The minimum atomic E-state index is -5.36. The monoisotopic (exact) mass is 1230 g/mol. The molecule has 2 unspecified atom stereocenters. The van der Waals surface area contributed by atoms with Gasteiger partial charge in [0.15, 0.2) is 33.7 Å². The van der Waals surface area contributed by atoms with Gasteiger partial charge in [-0.2, -0.15) is 25.3 Å². The molecular formula is C47H48Cl2N6O19S5. The van der Waals surface area contributed by atoms with Crippen molar-refractivity contribution in [2.24, 2.45) is 20.5 Å². The van der Waals surface area contributed by atoms with E-state index < -0.39 is 124 Å². The number of carbonyl (C=O) groups excluding carboxylic acids is 2. The number of methoxy groups -OCH3 is 2. The Balaban J connectivity index is 0.00000328. The molecule has 424 valence electrons. The molecule has 2 atom stereocenters. The van der Waals surface area contributed by atoms with E-state index in [4.69, 9.17) is 41.0 Å². The van der Waals surface area contributed by atoms with Crippen LogP contribution in [-0.2, 0) is 70.5 Å². The molecule has 32 heteroatoms. The number of halogens is 2. The number of phenolic OH excluding ortho intramolecular Hbond substituents is 2. The van der Waals surface area contributed by atoms with Gasteiger partial charge in [-0.3, -0.25) is 31.6 Å². The number of amides is 2. The van der Waals surface area contributed by atoms with Crippen LogP contribution in [-0.4, -0.2) is 120 Å². The molecule has 0 aliphatic carbocycles. The highest BCUT2D eigenvalue weighted by Gasteiger charge is 2.29. The van der Waals surface area contributed by atoms with Crippen molar-refractivity contribution in [3.05, 3.63) is 105 Å². The standard InChI is InChI=1S/C43H40Cl2N6O19S5.2C2H4/c1-22-16-27-25(6-10-31(42(27)74(61,62)63)46-36(52)20-71(56)69-14-12-44)40(54)38(22)50-48-29-8-4-23(17-33(29)67-2)24-5-9-30(34(18-24)68-3)49-51-39-35(73(58,59)60)19-28-26(41(39)55)7-11-32(43(28)75(64,65)66)47-37(53)21-72(57)70-15-13-45;2*1-2/h4-11,16-19,54-55H,12-15,20-21H2,1-3H3,(H,46,52)(H,47,53)(H,58,59,60)(H,61,62,63)(H,64,65,66);2*1-2H2. The number of alkyl halides is 2. The lowest BCUT2D eigenvalue weighted by molar-refractivity contribution is -0.114.